The molecule has 0 unspecified atom stereocenters. The van der Waals surface area contributed by atoms with Gasteiger partial charge in [-0.2, -0.15) is 5.10 Å². The summed E-state index contributed by atoms with van der Waals surface area (Å²) >= 11 is 5.87. The molecule has 2 N–H and O–H groups in total. The molecule has 0 saturated heterocycles. The number of hydrogen-bond donors (Lipinski definition) is 1. The highest BCUT2D eigenvalue weighted by Gasteiger charge is 2.04. The molecule has 0 spiro atoms. The molecule has 0 aliphatic carbocycles. The lowest BCUT2D eigenvalue weighted by Gasteiger charge is -2.03. The molecule has 0 bridgehead atoms. The van der Waals surface area contributed by atoms with E-state index in [0.717, 1.165) is 11.3 Å². The van der Waals surface area contributed by atoms with Gasteiger partial charge in [0.15, 0.2) is 0 Å². The Labute approximate surface area is 97.6 Å². The van der Waals surface area contributed by atoms with Crippen molar-refractivity contribution in [1.82, 2.24) is 9.78 Å². The van der Waals surface area contributed by atoms with Crippen molar-refractivity contribution in [1.29, 1.82) is 0 Å². The van der Waals surface area contributed by atoms with Crippen LogP contribution in [-0.4, -0.2) is 9.78 Å². The van der Waals surface area contributed by atoms with Gasteiger partial charge >= 0.3 is 0 Å². The van der Waals surface area contributed by atoms with Crippen LogP contribution >= 0.6 is 11.6 Å². The quantitative estimate of drug-likeness (QED) is 0.819. The summed E-state index contributed by atoms with van der Waals surface area (Å²) in [6.45, 7) is 2.30. The molecular weight excluding hydrogens is 229 g/mol. The zero-order chi connectivity index (χ0) is 11.7. The Hall–Kier alpha value is -1.55. The van der Waals surface area contributed by atoms with E-state index in [0.29, 0.717) is 11.6 Å². The minimum Gasteiger partial charge on any atom is -0.396 e. The van der Waals surface area contributed by atoms with Crippen LogP contribution in [0.3, 0.4) is 0 Å². The molecule has 0 fully saturated rings. The van der Waals surface area contributed by atoms with Gasteiger partial charge in [-0.25, -0.2) is 4.39 Å². The maximum atomic E-state index is 13.2. The number of aromatic nitrogens is 2. The fourth-order valence-corrected chi connectivity index (χ4v) is 1.58. The SMILES string of the molecule is Cc1nn(Cc2ccc(N)c(F)c2)cc1Cl. The zero-order valence-corrected chi connectivity index (χ0v) is 9.50. The smallest absolute Gasteiger partial charge is 0.146 e. The highest BCUT2D eigenvalue weighted by molar-refractivity contribution is 6.31. The summed E-state index contributed by atoms with van der Waals surface area (Å²) in [7, 11) is 0. The largest absolute Gasteiger partial charge is 0.396 e. The van der Waals surface area contributed by atoms with Crippen LogP contribution < -0.4 is 5.73 Å². The van der Waals surface area contributed by atoms with Gasteiger partial charge in [0.05, 0.1) is 22.9 Å². The maximum absolute atomic E-state index is 13.2. The van der Waals surface area contributed by atoms with E-state index in [1.807, 2.05) is 6.92 Å². The molecule has 5 heteroatoms. The molecule has 1 aromatic carbocycles. The molecular formula is C11H11ClFN3. The normalized spacial score (nSPS) is 10.7. The van der Waals surface area contributed by atoms with Crippen molar-refractivity contribution in [3.8, 4) is 0 Å². The van der Waals surface area contributed by atoms with Gasteiger partial charge in [0.1, 0.15) is 5.82 Å². The Morgan fingerprint density at radius 1 is 1.50 bits per heavy atom. The van der Waals surface area contributed by atoms with Crippen LogP contribution in [0.4, 0.5) is 10.1 Å². The molecule has 0 radical (unpaired) electrons. The third-order valence-corrected chi connectivity index (χ3v) is 2.67. The second kappa shape index (κ2) is 4.14. The minimum atomic E-state index is -0.410. The zero-order valence-electron chi connectivity index (χ0n) is 8.74. The van der Waals surface area contributed by atoms with Crippen molar-refractivity contribution in [2.75, 3.05) is 5.73 Å². The lowest BCUT2D eigenvalue weighted by molar-refractivity contribution is 0.623. The van der Waals surface area contributed by atoms with Crippen molar-refractivity contribution < 1.29 is 4.39 Å². The first-order valence-corrected chi connectivity index (χ1v) is 5.17. The molecule has 0 atom stereocenters. The van der Waals surface area contributed by atoms with Crippen LogP contribution in [0, 0.1) is 12.7 Å². The Balaban J connectivity index is 2.23. The molecule has 84 valence electrons. The summed E-state index contributed by atoms with van der Waals surface area (Å²) in [6.07, 6.45) is 1.71. The molecule has 1 heterocycles. The minimum absolute atomic E-state index is 0.151. The van der Waals surface area contributed by atoms with Crippen LogP contribution in [0.15, 0.2) is 24.4 Å². The number of benzene rings is 1. The van der Waals surface area contributed by atoms with Crippen molar-refractivity contribution in [2.45, 2.75) is 13.5 Å². The molecule has 0 amide bonds. The Morgan fingerprint density at radius 2 is 2.25 bits per heavy atom. The molecule has 0 saturated carbocycles. The summed E-state index contributed by atoms with van der Waals surface area (Å²) in [5, 5.41) is 4.80. The topological polar surface area (TPSA) is 43.8 Å². The van der Waals surface area contributed by atoms with Gasteiger partial charge < -0.3 is 5.73 Å². The van der Waals surface area contributed by atoms with Crippen LogP contribution in [0.25, 0.3) is 0 Å². The van der Waals surface area contributed by atoms with Gasteiger partial charge in [-0.15, -0.1) is 0 Å². The second-order valence-corrected chi connectivity index (χ2v) is 4.02. The van der Waals surface area contributed by atoms with Crippen LogP contribution in [0.2, 0.25) is 5.02 Å². The Kier molecular flexibility index (Phi) is 2.83. The molecule has 2 rings (SSSR count). The van der Waals surface area contributed by atoms with E-state index in [2.05, 4.69) is 5.10 Å². The third-order valence-electron chi connectivity index (χ3n) is 2.30. The number of halogens is 2. The van der Waals surface area contributed by atoms with E-state index in [-0.39, 0.29) is 5.69 Å². The molecule has 3 nitrogen and oxygen atoms in total. The molecule has 16 heavy (non-hydrogen) atoms. The van der Waals surface area contributed by atoms with Crippen molar-refractivity contribution in [2.24, 2.45) is 0 Å². The van der Waals surface area contributed by atoms with E-state index in [4.69, 9.17) is 17.3 Å². The number of nitrogens with zero attached hydrogens (tertiary/aromatic N) is 2. The van der Waals surface area contributed by atoms with Gasteiger partial charge in [0, 0.05) is 6.20 Å². The van der Waals surface area contributed by atoms with Crippen LogP contribution in [-0.2, 0) is 6.54 Å². The monoisotopic (exact) mass is 239 g/mol. The summed E-state index contributed by atoms with van der Waals surface area (Å²) < 4.78 is 14.9. The first kappa shape index (κ1) is 11.0. The first-order valence-electron chi connectivity index (χ1n) is 4.79. The second-order valence-electron chi connectivity index (χ2n) is 3.62. The molecule has 0 aliphatic rings. The highest BCUT2D eigenvalue weighted by Crippen LogP contribution is 2.15. The van der Waals surface area contributed by atoms with E-state index in [1.54, 1.807) is 23.0 Å². The average molecular weight is 240 g/mol. The van der Waals surface area contributed by atoms with Gasteiger partial charge in [0.25, 0.3) is 0 Å². The van der Waals surface area contributed by atoms with Gasteiger partial charge in [-0.05, 0) is 24.6 Å². The van der Waals surface area contributed by atoms with Crippen LogP contribution in [0.5, 0.6) is 0 Å². The Bertz CT molecular complexity index is 502. The van der Waals surface area contributed by atoms with E-state index in [9.17, 15) is 4.39 Å². The predicted octanol–water partition coefficient (Wildman–Crippen LogP) is 2.61. The third kappa shape index (κ3) is 2.17. The van der Waals surface area contributed by atoms with Crippen LogP contribution in [0.1, 0.15) is 11.3 Å². The van der Waals surface area contributed by atoms with Crippen molar-refractivity contribution in [3.63, 3.8) is 0 Å². The van der Waals surface area contributed by atoms with Gasteiger partial charge in [-0.1, -0.05) is 17.7 Å². The van der Waals surface area contributed by atoms with E-state index in [1.165, 1.54) is 6.07 Å². The first-order chi connectivity index (χ1) is 7.56. The van der Waals surface area contributed by atoms with Crippen molar-refractivity contribution >= 4 is 17.3 Å². The fraction of sp³-hybridized carbons (Fsp3) is 0.182. The maximum Gasteiger partial charge on any atom is 0.146 e. The molecule has 1 aromatic heterocycles. The van der Waals surface area contributed by atoms with E-state index >= 15 is 0 Å². The van der Waals surface area contributed by atoms with Gasteiger partial charge in [-0.3, -0.25) is 4.68 Å². The summed E-state index contributed by atoms with van der Waals surface area (Å²) in [4.78, 5) is 0. The van der Waals surface area contributed by atoms with Crippen molar-refractivity contribution in [3.05, 3.63) is 46.5 Å². The molecule has 2 aromatic rings. The Morgan fingerprint density at radius 3 is 2.81 bits per heavy atom. The lowest BCUT2D eigenvalue weighted by atomic mass is 10.2. The summed E-state index contributed by atoms with van der Waals surface area (Å²) in [6, 6.07) is 4.71. The average Bonchev–Trinajstić information content (AvgIpc) is 2.52. The predicted molar refractivity (Wildman–Crippen MR) is 61.9 cm³/mol. The number of anilines is 1. The number of hydrogen-bond acceptors (Lipinski definition) is 2. The summed E-state index contributed by atoms with van der Waals surface area (Å²) in [5.41, 5.74) is 7.10. The summed E-state index contributed by atoms with van der Waals surface area (Å²) in [5.74, 6) is -0.410. The fourth-order valence-electron chi connectivity index (χ4n) is 1.43. The number of nitrogen functional groups attached to an aromatic ring is 1. The van der Waals surface area contributed by atoms with E-state index < -0.39 is 5.82 Å². The molecule has 0 aliphatic heterocycles. The number of aryl methyl sites for hydroxylation is 1. The lowest BCUT2D eigenvalue weighted by Crippen LogP contribution is -2.01. The van der Waals surface area contributed by atoms with Gasteiger partial charge in [0.2, 0.25) is 0 Å². The number of nitrogens with two attached hydrogens (primary N) is 1. The number of rotatable bonds is 2. The standard InChI is InChI=1S/C11H11ClFN3/c1-7-9(12)6-16(15-7)5-8-2-3-11(14)10(13)4-8/h2-4,6H,5,14H2,1H3. The highest BCUT2D eigenvalue weighted by atomic mass is 35.5.